The van der Waals surface area contributed by atoms with Crippen molar-refractivity contribution < 1.29 is 24.2 Å². The van der Waals surface area contributed by atoms with Crippen molar-refractivity contribution in [3.05, 3.63) is 59.7 Å². The summed E-state index contributed by atoms with van der Waals surface area (Å²) in [5, 5.41) is 14.2. The normalized spacial score (nSPS) is 16.0. The van der Waals surface area contributed by atoms with Gasteiger partial charge in [-0.2, -0.15) is 0 Å². The number of rotatable bonds is 7. The standard InChI is InChI=1S/C23H24N2O5/c26-20(25-23(10-5-11-23)12-21(27)28)13-24-22(29)30-14-19-17-8-3-1-6-15(17)16-7-2-4-9-18(16)19/h1-4,6-9,19H,5,10-14H2,(H,24,29)(H,25,26)(H,27,28). The smallest absolute Gasteiger partial charge is 0.407 e. The van der Waals surface area contributed by atoms with Gasteiger partial charge in [0.25, 0.3) is 0 Å². The van der Waals surface area contributed by atoms with Crippen LogP contribution in [-0.2, 0) is 14.3 Å². The summed E-state index contributed by atoms with van der Waals surface area (Å²) in [6.45, 7) is -0.0809. The number of alkyl carbamates (subject to hydrolysis) is 1. The van der Waals surface area contributed by atoms with E-state index in [0.717, 1.165) is 28.7 Å². The van der Waals surface area contributed by atoms with E-state index in [1.807, 2.05) is 36.4 Å². The maximum atomic E-state index is 12.2. The van der Waals surface area contributed by atoms with Gasteiger partial charge in [-0.3, -0.25) is 9.59 Å². The van der Waals surface area contributed by atoms with Gasteiger partial charge in [0.2, 0.25) is 5.91 Å². The molecule has 0 heterocycles. The first kappa shape index (κ1) is 19.9. The molecule has 30 heavy (non-hydrogen) atoms. The number of ether oxygens (including phenoxy) is 1. The molecule has 4 rings (SSSR count). The second-order valence-corrected chi connectivity index (χ2v) is 7.93. The molecule has 0 spiro atoms. The second-order valence-electron chi connectivity index (χ2n) is 7.93. The minimum absolute atomic E-state index is 0.0502. The lowest BCUT2D eigenvalue weighted by Crippen LogP contribution is -2.56. The first-order valence-electron chi connectivity index (χ1n) is 10.1. The maximum Gasteiger partial charge on any atom is 0.407 e. The predicted molar refractivity (Wildman–Crippen MR) is 110 cm³/mol. The molecule has 0 unspecified atom stereocenters. The Morgan fingerprint density at radius 1 is 1.00 bits per heavy atom. The molecule has 2 aliphatic carbocycles. The lowest BCUT2D eigenvalue weighted by molar-refractivity contribution is -0.140. The van der Waals surface area contributed by atoms with Crippen LogP contribution in [0.1, 0.15) is 42.7 Å². The van der Waals surface area contributed by atoms with Gasteiger partial charge in [0.15, 0.2) is 0 Å². The lowest BCUT2D eigenvalue weighted by atomic mass is 9.74. The number of nitrogens with one attached hydrogen (secondary N) is 2. The third-order valence-electron chi connectivity index (χ3n) is 5.94. The minimum Gasteiger partial charge on any atom is -0.481 e. The maximum absolute atomic E-state index is 12.2. The number of aliphatic carboxylic acids is 1. The lowest BCUT2D eigenvalue weighted by Gasteiger charge is -2.41. The van der Waals surface area contributed by atoms with E-state index in [4.69, 9.17) is 9.84 Å². The number of benzene rings is 2. The molecular weight excluding hydrogens is 384 g/mol. The highest BCUT2D eigenvalue weighted by molar-refractivity contribution is 5.84. The van der Waals surface area contributed by atoms with Crippen LogP contribution in [-0.4, -0.2) is 41.8 Å². The molecule has 0 saturated heterocycles. The molecule has 156 valence electrons. The van der Waals surface area contributed by atoms with Crippen molar-refractivity contribution in [1.82, 2.24) is 10.6 Å². The Hall–Kier alpha value is -3.35. The molecule has 0 aromatic heterocycles. The third-order valence-corrected chi connectivity index (χ3v) is 5.94. The number of hydrogen-bond acceptors (Lipinski definition) is 4. The minimum atomic E-state index is -0.945. The van der Waals surface area contributed by atoms with E-state index in [1.165, 1.54) is 0 Å². The summed E-state index contributed by atoms with van der Waals surface area (Å²) in [6, 6.07) is 16.1. The number of carboxylic acid groups (broad SMARTS) is 1. The molecule has 1 fully saturated rings. The number of fused-ring (bicyclic) bond motifs is 3. The number of carbonyl (C=O) groups excluding carboxylic acids is 2. The molecular formula is C23H24N2O5. The first-order chi connectivity index (χ1) is 14.5. The quantitative estimate of drug-likeness (QED) is 0.653. The van der Waals surface area contributed by atoms with Crippen molar-refractivity contribution in [1.29, 1.82) is 0 Å². The second kappa shape index (κ2) is 8.18. The number of amides is 2. The Labute approximate surface area is 174 Å². The molecule has 1 saturated carbocycles. The van der Waals surface area contributed by atoms with Gasteiger partial charge < -0.3 is 20.5 Å². The summed E-state index contributed by atoms with van der Waals surface area (Å²) in [6.07, 6.45) is 1.37. The van der Waals surface area contributed by atoms with Gasteiger partial charge in [0.05, 0.1) is 12.0 Å². The van der Waals surface area contributed by atoms with Gasteiger partial charge in [-0.15, -0.1) is 0 Å². The van der Waals surface area contributed by atoms with Gasteiger partial charge in [-0.05, 0) is 41.5 Å². The molecule has 7 heteroatoms. The SMILES string of the molecule is O=C(O)CC1(NC(=O)CNC(=O)OCC2c3ccccc3-c3ccccc32)CCC1. The van der Waals surface area contributed by atoms with Crippen LogP contribution in [0, 0.1) is 0 Å². The highest BCUT2D eigenvalue weighted by atomic mass is 16.5. The van der Waals surface area contributed by atoms with E-state index in [2.05, 4.69) is 22.8 Å². The summed E-state index contributed by atoms with van der Waals surface area (Å²) >= 11 is 0. The summed E-state index contributed by atoms with van der Waals surface area (Å²) in [5.74, 6) is -1.41. The molecule has 3 N–H and O–H groups in total. The van der Waals surface area contributed by atoms with Crippen LogP contribution in [0.5, 0.6) is 0 Å². The van der Waals surface area contributed by atoms with Crippen LogP contribution in [0.15, 0.2) is 48.5 Å². The average molecular weight is 408 g/mol. The third kappa shape index (κ3) is 4.01. The van der Waals surface area contributed by atoms with E-state index in [-0.39, 0.29) is 25.5 Å². The van der Waals surface area contributed by atoms with Gasteiger partial charge in [-0.1, -0.05) is 48.5 Å². The fourth-order valence-corrected chi connectivity index (χ4v) is 4.38. The van der Waals surface area contributed by atoms with E-state index < -0.39 is 23.5 Å². The molecule has 2 aliphatic rings. The highest BCUT2D eigenvalue weighted by Crippen LogP contribution is 2.44. The Balaban J connectivity index is 1.30. The predicted octanol–water partition coefficient (Wildman–Crippen LogP) is 3.04. The van der Waals surface area contributed by atoms with Crippen molar-refractivity contribution in [2.75, 3.05) is 13.2 Å². The van der Waals surface area contributed by atoms with Crippen LogP contribution >= 0.6 is 0 Å². The van der Waals surface area contributed by atoms with Crippen molar-refractivity contribution >= 4 is 18.0 Å². The zero-order chi connectivity index (χ0) is 21.1. The van der Waals surface area contributed by atoms with E-state index in [0.29, 0.717) is 12.8 Å². The van der Waals surface area contributed by atoms with Gasteiger partial charge in [0, 0.05) is 5.92 Å². The van der Waals surface area contributed by atoms with Gasteiger partial charge in [0.1, 0.15) is 13.2 Å². The number of hydrogen-bond donors (Lipinski definition) is 3. The summed E-state index contributed by atoms with van der Waals surface area (Å²) in [4.78, 5) is 35.3. The molecule has 2 aromatic rings. The fourth-order valence-electron chi connectivity index (χ4n) is 4.38. The Kier molecular flexibility index (Phi) is 5.44. The number of carboxylic acids is 1. The zero-order valence-electron chi connectivity index (χ0n) is 16.5. The molecule has 0 atom stereocenters. The van der Waals surface area contributed by atoms with Crippen molar-refractivity contribution in [3.8, 4) is 11.1 Å². The Morgan fingerprint density at radius 2 is 1.60 bits per heavy atom. The number of carbonyl (C=O) groups is 3. The van der Waals surface area contributed by atoms with E-state index in [1.54, 1.807) is 0 Å². The van der Waals surface area contributed by atoms with Crippen LogP contribution in [0.2, 0.25) is 0 Å². The van der Waals surface area contributed by atoms with Crippen LogP contribution in [0.4, 0.5) is 4.79 Å². The van der Waals surface area contributed by atoms with Gasteiger partial charge >= 0.3 is 12.1 Å². The van der Waals surface area contributed by atoms with Crippen LogP contribution < -0.4 is 10.6 Å². The van der Waals surface area contributed by atoms with Crippen molar-refractivity contribution in [2.45, 2.75) is 37.1 Å². The van der Waals surface area contributed by atoms with Crippen LogP contribution in [0.3, 0.4) is 0 Å². The molecule has 0 aliphatic heterocycles. The largest absolute Gasteiger partial charge is 0.481 e. The van der Waals surface area contributed by atoms with E-state index in [9.17, 15) is 14.4 Å². The Bertz CT molecular complexity index is 938. The van der Waals surface area contributed by atoms with Crippen LogP contribution in [0.25, 0.3) is 11.1 Å². The van der Waals surface area contributed by atoms with Crippen molar-refractivity contribution in [3.63, 3.8) is 0 Å². The molecule has 0 bridgehead atoms. The first-order valence-corrected chi connectivity index (χ1v) is 10.1. The summed E-state index contributed by atoms with van der Waals surface area (Å²) in [5.41, 5.74) is 3.83. The van der Waals surface area contributed by atoms with Crippen molar-refractivity contribution in [2.24, 2.45) is 0 Å². The fraction of sp³-hybridized carbons (Fsp3) is 0.348. The Morgan fingerprint density at radius 3 is 2.13 bits per heavy atom. The molecule has 2 aromatic carbocycles. The summed E-state index contributed by atoms with van der Waals surface area (Å²) in [7, 11) is 0. The highest BCUT2D eigenvalue weighted by Gasteiger charge is 2.40. The molecule has 0 radical (unpaired) electrons. The zero-order valence-corrected chi connectivity index (χ0v) is 16.5. The van der Waals surface area contributed by atoms with Gasteiger partial charge in [-0.25, -0.2) is 4.79 Å². The molecule has 7 nitrogen and oxygen atoms in total. The molecule has 2 amide bonds. The van der Waals surface area contributed by atoms with E-state index >= 15 is 0 Å². The topological polar surface area (TPSA) is 105 Å². The monoisotopic (exact) mass is 408 g/mol. The summed E-state index contributed by atoms with van der Waals surface area (Å²) < 4.78 is 5.40. The average Bonchev–Trinajstić information content (AvgIpc) is 3.02.